The fourth-order valence-electron chi connectivity index (χ4n) is 1.38. The lowest BCUT2D eigenvalue weighted by molar-refractivity contribution is 0.474. The molecule has 0 aliphatic rings. The van der Waals surface area contributed by atoms with Crippen LogP contribution in [-0.2, 0) is 0 Å². The summed E-state index contributed by atoms with van der Waals surface area (Å²) in [4.78, 5) is 0. The Balaban J connectivity index is 2.59. The first-order valence-electron chi connectivity index (χ1n) is 4.36. The van der Waals surface area contributed by atoms with E-state index in [4.69, 9.17) is 11.6 Å². The van der Waals surface area contributed by atoms with E-state index in [0.29, 0.717) is 16.1 Å². The van der Waals surface area contributed by atoms with Crippen LogP contribution in [0.3, 0.4) is 0 Å². The molecule has 0 unspecified atom stereocenters. The Morgan fingerprint density at radius 3 is 2.60 bits per heavy atom. The van der Waals surface area contributed by atoms with E-state index in [1.54, 1.807) is 24.3 Å². The zero-order valence-corrected chi connectivity index (χ0v) is 8.49. The Hall–Kier alpha value is -1.67. The van der Waals surface area contributed by atoms with Crippen LogP contribution in [0.2, 0.25) is 5.02 Å². The van der Waals surface area contributed by atoms with E-state index in [9.17, 15) is 10.2 Å². The number of phenols is 2. The van der Waals surface area contributed by atoms with Crippen molar-refractivity contribution < 1.29 is 10.2 Å². The van der Waals surface area contributed by atoms with Gasteiger partial charge in [0.05, 0.1) is 0 Å². The summed E-state index contributed by atoms with van der Waals surface area (Å²) in [6.07, 6.45) is 0. The Morgan fingerprint density at radius 1 is 1.13 bits per heavy atom. The Bertz CT molecular complexity index is 474. The molecular weight excluding hydrogens is 212 g/mol. The van der Waals surface area contributed by atoms with Crippen molar-refractivity contribution in [3.8, 4) is 22.6 Å². The van der Waals surface area contributed by atoms with Crippen molar-refractivity contribution in [2.75, 3.05) is 0 Å². The third-order valence-corrected chi connectivity index (χ3v) is 2.22. The molecule has 0 fully saturated rings. The minimum atomic E-state index is 0.0640. The molecule has 0 saturated carbocycles. The molecule has 0 spiro atoms. The zero-order valence-electron chi connectivity index (χ0n) is 7.74. The highest BCUT2D eigenvalue weighted by Gasteiger charge is 2.05. The summed E-state index contributed by atoms with van der Waals surface area (Å²) in [6, 6.07) is 12.4. The van der Waals surface area contributed by atoms with Crippen molar-refractivity contribution in [2.24, 2.45) is 0 Å². The van der Waals surface area contributed by atoms with Crippen LogP contribution < -0.4 is 0 Å². The quantitative estimate of drug-likeness (QED) is 0.773. The molecule has 0 aromatic heterocycles. The average Bonchev–Trinajstić information content (AvgIpc) is 2.16. The second-order valence-corrected chi connectivity index (χ2v) is 3.56. The molecule has 0 aliphatic heterocycles. The Kier molecular flexibility index (Phi) is 2.52. The molecule has 0 bridgehead atoms. The highest BCUT2D eigenvalue weighted by Crippen LogP contribution is 2.32. The predicted molar refractivity (Wildman–Crippen MR) is 59.1 cm³/mol. The third kappa shape index (κ3) is 2.05. The monoisotopic (exact) mass is 219 g/mol. The van der Waals surface area contributed by atoms with E-state index in [-0.39, 0.29) is 11.5 Å². The zero-order chi connectivity index (χ0) is 10.8. The molecular formula is C12H8ClO2. The van der Waals surface area contributed by atoms with Crippen LogP contribution in [0.4, 0.5) is 0 Å². The van der Waals surface area contributed by atoms with Gasteiger partial charge in [0.1, 0.15) is 11.5 Å². The number of halogens is 1. The van der Waals surface area contributed by atoms with Crippen molar-refractivity contribution in [2.45, 2.75) is 0 Å². The van der Waals surface area contributed by atoms with Crippen LogP contribution in [0.5, 0.6) is 11.5 Å². The van der Waals surface area contributed by atoms with E-state index < -0.39 is 0 Å². The van der Waals surface area contributed by atoms with Crippen LogP contribution in [0.25, 0.3) is 11.1 Å². The minimum Gasteiger partial charge on any atom is -0.508 e. The lowest BCUT2D eigenvalue weighted by Gasteiger charge is -2.05. The van der Waals surface area contributed by atoms with Gasteiger partial charge in [-0.3, -0.25) is 0 Å². The predicted octanol–water partition coefficient (Wildman–Crippen LogP) is 3.22. The molecule has 0 heterocycles. The molecule has 3 heteroatoms. The lowest BCUT2D eigenvalue weighted by Crippen LogP contribution is -1.79. The van der Waals surface area contributed by atoms with Gasteiger partial charge in [-0.1, -0.05) is 23.7 Å². The first kappa shape index (κ1) is 9.87. The summed E-state index contributed by atoms with van der Waals surface area (Å²) in [5.41, 5.74) is 1.16. The molecule has 15 heavy (non-hydrogen) atoms. The number of hydrogen-bond donors (Lipinski definition) is 2. The van der Waals surface area contributed by atoms with Crippen LogP contribution in [0, 0.1) is 6.07 Å². The molecule has 1 radical (unpaired) electrons. The summed E-state index contributed by atoms with van der Waals surface area (Å²) in [6.45, 7) is 0. The molecule has 2 aromatic carbocycles. The number of phenolic OH excluding ortho intramolecular Hbond substituents is 2. The van der Waals surface area contributed by atoms with Crippen molar-refractivity contribution in [1.29, 1.82) is 0 Å². The van der Waals surface area contributed by atoms with Crippen molar-refractivity contribution >= 4 is 11.6 Å². The summed E-state index contributed by atoms with van der Waals surface area (Å²) in [7, 11) is 0. The smallest absolute Gasteiger partial charge is 0.124 e. The van der Waals surface area contributed by atoms with Gasteiger partial charge in [0.15, 0.2) is 0 Å². The number of aromatic hydroxyl groups is 2. The van der Waals surface area contributed by atoms with Gasteiger partial charge < -0.3 is 10.2 Å². The average molecular weight is 220 g/mol. The Labute approximate surface area is 92.4 Å². The van der Waals surface area contributed by atoms with Crippen LogP contribution in [-0.4, -0.2) is 10.2 Å². The largest absolute Gasteiger partial charge is 0.508 e. The van der Waals surface area contributed by atoms with E-state index >= 15 is 0 Å². The fraction of sp³-hybridized carbons (Fsp3) is 0. The summed E-state index contributed by atoms with van der Waals surface area (Å²) < 4.78 is 0. The number of benzene rings is 2. The molecule has 0 amide bonds. The second-order valence-electron chi connectivity index (χ2n) is 3.13. The highest BCUT2D eigenvalue weighted by atomic mass is 35.5. The molecule has 2 rings (SSSR count). The van der Waals surface area contributed by atoms with Gasteiger partial charge in [0.25, 0.3) is 0 Å². The van der Waals surface area contributed by atoms with Crippen LogP contribution >= 0.6 is 11.6 Å². The first-order valence-corrected chi connectivity index (χ1v) is 4.74. The van der Waals surface area contributed by atoms with Gasteiger partial charge in [-0.05, 0) is 35.9 Å². The normalized spacial score (nSPS) is 10.2. The SMILES string of the molecule is Oc1cc(Cl)cc(-c2[c]cccc2O)c1. The summed E-state index contributed by atoms with van der Waals surface area (Å²) in [5.74, 6) is 0.174. The standard InChI is InChI=1S/C12H8ClO2/c13-9-5-8(6-10(14)7-9)11-3-1-2-4-12(11)15/h1-2,4-7,14-15H. The van der Waals surface area contributed by atoms with E-state index in [0.717, 1.165) is 0 Å². The molecule has 75 valence electrons. The van der Waals surface area contributed by atoms with Crippen LogP contribution in [0.15, 0.2) is 36.4 Å². The molecule has 0 atom stereocenters. The van der Waals surface area contributed by atoms with Crippen LogP contribution in [0.1, 0.15) is 0 Å². The Morgan fingerprint density at radius 2 is 1.93 bits per heavy atom. The van der Waals surface area contributed by atoms with Gasteiger partial charge in [0.2, 0.25) is 0 Å². The van der Waals surface area contributed by atoms with E-state index in [1.807, 2.05) is 0 Å². The van der Waals surface area contributed by atoms with Gasteiger partial charge >= 0.3 is 0 Å². The maximum absolute atomic E-state index is 9.59. The maximum atomic E-state index is 9.59. The number of hydrogen-bond acceptors (Lipinski definition) is 2. The van der Waals surface area contributed by atoms with Gasteiger partial charge in [-0.2, -0.15) is 0 Å². The van der Waals surface area contributed by atoms with Crippen molar-refractivity contribution in [1.82, 2.24) is 0 Å². The van der Waals surface area contributed by atoms with E-state index in [1.165, 1.54) is 12.1 Å². The lowest BCUT2D eigenvalue weighted by atomic mass is 10.0. The van der Waals surface area contributed by atoms with Crippen molar-refractivity contribution in [3.05, 3.63) is 47.5 Å². The molecule has 0 saturated heterocycles. The summed E-state index contributed by atoms with van der Waals surface area (Å²) >= 11 is 5.80. The summed E-state index contributed by atoms with van der Waals surface area (Å²) in [5, 5.41) is 19.4. The fourth-order valence-corrected chi connectivity index (χ4v) is 1.61. The van der Waals surface area contributed by atoms with Gasteiger partial charge in [0, 0.05) is 10.6 Å². The first-order chi connectivity index (χ1) is 7.16. The van der Waals surface area contributed by atoms with Gasteiger partial charge in [-0.15, -0.1) is 0 Å². The van der Waals surface area contributed by atoms with Crippen molar-refractivity contribution in [3.63, 3.8) is 0 Å². The second kappa shape index (κ2) is 3.83. The molecule has 2 nitrogen and oxygen atoms in total. The molecule has 0 aliphatic carbocycles. The molecule has 2 N–H and O–H groups in total. The van der Waals surface area contributed by atoms with E-state index in [2.05, 4.69) is 6.07 Å². The number of rotatable bonds is 1. The maximum Gasteiger partial charge on any atom is 0.124 e. The highest BCUT2D eigenvalue weighted by molar-refractivity contribution is 6.31. The minimum absolute atomic E-state index is 0.0640. The van der Waals surface area contributed by atoms with Gasteiger partial charge in [-0.25, -0.2) is 0 Å². The topological polar surface area (TPSA) is 40.5 Å². The molecule has 2 aromatic rings. The third-order valence-electron chi connectivity index (χ3n) is 2.01.